The quantitative estimate of drug-likeness (QED) is 0.802. The summed E-state index contributed by atoms with van der Waals surface area (Å²) >= 11 is 0. The summed E-state index contributed by atoms with van der Waals surface area (Å²) in [5.41, 5.74) is 5.72. The molecule has 2 atom stereocenters. The molecule has 0 aromatic rings. The molecule has 3 N–H and O–H groups in total. The first-order chi connectivity index (χ1) is 10.2. The van der Waals surface area contributed by atoms with E-state index in [0.717, 1.165) is 25.9 Å². The monoisotopic (exact) mass is 332 g/mol. The average Bonchev–Trinajstić information content (AvgIpc) is 2.44. The van der Waals surface area contributed by atoms with Gasteiger partial charge in [0, 0.05) is 37.8 Å². The van der Waals surface area contributed by atoms with Gasteiger partial charge < -0.3 is 20.5 Å². The summed E-state index contributed by atoms with van der Waals surface area (Å²) in [5, 5.41) is 3.30. The molecule has 5 nitrogen and oxygen atoms in total. The van der Waals surface area contributed by atoms with E-state index in [9.17, 15) is 4.79 Å². The first-order valence-corrected chi connectivity index (χ1v) is 8.37. The third-order valence-electron chi connectivity index (χ3n) is 6.06. The van der Waals surface area contributed by atoms with Crippen LogP contribution in [0.2, 0.25) is 0 Å². The third kappa shape index (κ3) is 2.77. The lowest BCUT2D eigenvalue weighted by atomic mass is 9.51. The Morgan fingerprint density at radius 1 is 1.32 bits per heavy atom. The summed E-state index contributed by atoms with van der Waals surface area (Å²) < 4.78 is 11.2. The molecular weight excluding hydrogens is 304 g/mol. The Balaban J connectivity index is 0.00000176. The van der Waals surface area contributed by atoms with E-state index < -0.39 is 5.41 Å². The molecule has 0 aromatic heterocycles. The molecular formula is C16H29ClN2O3. The van der Waals surface area contributed by atoms with E-state index in [1.807, 2.05) is 6.92 Å². The Bertz CT molecular complexity index is 395. The van der Waals surface area contributed by atoms with Gasteiger partial charge in [0.1, 0.15) is 0 Å². The molecule has 0 bridgehead atoms. The van der Waals surface area contributed by atoms with Gasteiger partial charge in [-0.3, -0.25) is 4.79 Å². The highest BCUT2D eigenvalue weighted by molar-refractivity contribution is 5.85. The van der Waals surface area contributed by atoms with Crippen LogP contribution in [0.4, 0.5) is 0 Å². The summed E-state index contributed by atoms with van der Waals surface area (Å²) in [6, 6.07) is 0.279. The first kappa shape index (κ1) is 18.0. The minimum Gasteiger partial charge on any atom is -0.381 e. The van der Waals surface area contributed by atoms with Crippen molar-refractivity contribution in [3.63, 3.8) is 0 Å². The normalized spacial score (nSPS) is 31.5. The van der Waals surface area contributed by atoms with Crippen LogP contribution in [0.5, 0.6) is 0 Å². The number of hydrogen-bond donors (Lipinski definition) is 2. The van der Waals surface area contributed by atoms with Crippen molar-refractivity contribution in [2.24, 2.45) is 16.6 Å². The highest BCUT2D eigenvalue weighted by Gasteiger charge is 2.60. The van der Waals surface area contributed by atoms with Crippen molar-refractivity contribution in [3.8, 4) is 0 Å². The lowest BCUT2D eigenvalue weighted by molar-refractivity contribution is -0.179. The van der Waals surface area contributed by atoms with E-state index in [1.54, 1.807) is 0 Å². The molecule has 128 valence electrons. The second-order valence-electron chi connectivity index (χ2n) is 6.89. The van der Waals surface area contributed by atoms with E-state index in [4.69, 9.17) is 15.2 Å². The van der Waals surface area contributed by atoms with Gasteiger partial charge in [-0.15, -0.1) is 12.4 Å². The minimum absolute atomic E-state index is 0. The number of ether oxygens (including phenoxy) is 2. The molecule has 2 aliphatic carbocycles. The summed E-state index contributed by atoms with van der Waals surface area (Å²) in [7, 11) is 0. The zero-order chi connectivity index (χ0) is 14.9. The van der Waals surface area contributed by atoms with Crippen LogP contribution in [-0.2, 0) is 14.3 Å². The van der Waals surface area contributed by atoms with Crippen LogP contribution < -0.4 is 11.1 Å². The van der Waals surface area contributed by atoms with Crippen LogP contribution in [0.3, 0.4) is 0 Å². The van der Waals surface area contributed by atoms with Gasteiger partial charge in [0.15, 0.2) is 0 Å². The number of rotatable bonds is 5. The number of hydrogen-bond acceptors (Lipinski definition) is 4. The Morgan fingerprint density at radius 2 is 2.00 bits per heavy atom. The van der Waals surface area contributed by atoms with Crippen LogP contribution in [0.15, 0.2) is 0 Å². The molecule has 3 rings (SSSR count). The second-order valence-corrected chi connectivity index (χ2v) is 6.89. The van der Waals surface area contributed by atoms with E-state index in [0.29, 0.717) is 25.9 Å². The molecule has 6 heteroatoms. The molecule has 3 aliphatic rings. The number of amides is 1. The average molecular weight is 333 g/mol. The van der Waals surface area contributed by atoms with Gasteiger partial charge in [-0.05, 0) is 39.0 Å². The zero-order valence-corrected chi connectivity index (χ0v) is 14.3. The van der Waals surface area contributed by atoms with E-state index in [-0.39, 0.29) is 29.8 Å². The molecule has 0 radical (unpaired) electrons. The van der Waals surface area contributed by atoms with Crippen molar-refractivity contribution in [2.45, 2.75) is 57.6 Å². The van der Waals surface area contributed by atoms with Crippen molar-refractivity contribution in [1.82, 2.24) is 5.32 Å². The summed E-state index contributed by atoms with van der Waals surface area (Å²) in [6.45, 7) is 4.50. The molecule has 1 saturated heterocycles. The maximum absolute atomic E-state index is 12.8. The Morgan fingerprint density at radius 3 is 2.50 bits per heavy atom. The zero-order valence-electron chi connectivity index (χ0n) is 13.4. The predicted octanol–water partition coefficient (Wildman–Crippen LogP) is 1.63. The summed E-state index contributed by atoms with van der Waals surface area (Å²) in [6.07, 6.45) is 6.39. The van der Waals surface area contributed by atoms with Crippen molar-refractivity contribution in [2.75, 3.05) is 26.4 Å². The highest BCUT2D eigenvalue weighted by atomic mass is 35.5. The number of halogens is 1. The maximum Gasteiger partial charge on any atom is 0.227 e. The van der Waals surface area contributed by atoms with E-state index in [1.165, 1.54) is 19.3 Å². The standard InChI is InChI=1S/C16H28N2O3.ClH/c1-2-21-13-10-12(16(13)4-3-5-16)18-14(19)15(11-17)6-8-20-9-7-15;/h12-13H,2-11,17H2,1H3,(H,18,19);1H. The number of nitrogens with one attached hydrogen (secondary N) is 1. The molecule has 22 heavy (non-hydrogen) atoms. The molecule has 2 saturated carbocycles. The smallest absolute Gasteiger partial charge is 0.227 e. The molecule has 1 spiro atoms. The van der Waals surface area contributed by atoms with Gasteiger partial charge in [-0.1, -0.05) is 6.42 Å². The molecule has 1 heterocycles. The summed E-state index contributed by atoms with van der Waals surface area (Å²) in [4.78, 5) is 12.8. The van der Waals surface area contributed by atoms with Crippen LogP contribution >= 0.6 is 12.4 Å². The molecule has 1 aliphatic heterocycles. The predicted molar refractivity (Wildman–Crippen MR) is 87.0 cm³/mol. The van der Waals surface area contributed by atoms with Crippen molar-refractivity contribution < 1.29 is 14.3 Å². The fraction of sp³-hybridized carbons (Fsp3) is 0.938. The lowest BCUT2D eigenvalue weighted by Crippen LogP contribution is -2.69. The lowest BCUT2D eigenvalue weighted by Gasteiger charge is -2.61. The summed E-state index contributed by atoms with van der Waals surface area (Å²) in [5.74, 6) is 0.138. The Labute approximate surface area is 139 Å². The van der Waals surface area contributed by atoms with Crippen LogP contribution in [0.25, 0.3) is 0 Å². The maximum atomic E-state index is 12.8. The van der Waals surface area contributed by atoms with Gasteiger partial charge in [-0.25, -0.2) is 0 Å². The number of carbonyl (C=O) groups excluding carboxylic acids is 1. The van der Waals surface area contributed by atoms with E-state index >= 15 is 0 Å². The van der Waals surface area contributed by atoms with Gasteiger partial charge >= 0.3 is 0 Å². The number of nitrogens with two attached hydrogens (primary N) is 1. The fourth-order valence-electron chi connectivity index (χ4n) is 4.24. The van der Waals surface area contributed by atoms with Crippen molar-refractivity contribution in [3.05, 3.63) is 0 Å². The first-order valence-electron chi connectivity index (χ1n) is 8.37. The van der Waals surface area contributed by atoms with Gasteiger partial charge in [0.25, 0.3) is 0 Å². The molecule has 0 aromatic carbocycles. The second kappa shape index (κ2) is 7.04. The van der Waals surface area contributed by atoms with Gasteiger partial charge in [-0.2, -0.15) is 0 Å². The fourth-order valence-corrected chi connectivity index (χ4v) is 4.24. The number of carbonyl (C=O) groups is 1. The van der Waals surface area contributed by atoms with Crippen LogP contribution in [-0.4, -0.2) is 44.4 Å². The van der Waals surface area contributed by atoms with Crippen LogP contribution in [0, 0.1) is 10.8 Å². The minimum atomic E-state index is -0.417. The van der Waals surface area contributed by atoms with Gasteiger partial charge in [0.2, 0.25) is 5.91 Å². The van der Waals surface area contributed by atoms with Gasteiger partial charge in [0.05, 0.1) is 11.5 Å². The van der Waals surface area contributed by atoms with E-state index in [2.05, 4.69) is 5.32 Å². The Kier molecular flexibility index (Phi) is 5.75. The SMILES string of the molecule is CCOC1CC(NC(=O)C2(CN)CCOCC2)C12CCC2.Cl. The van der Waals surface area contributed by atoms with Crippen LogP contribution in [0.1, 0.15) is 45.4 Å². The Hall–Kier alpha value is -0.360. The molecule has 3 fully saturated rings. The third-order valence-corrected chi connectivity index (χ3v) is 6.06. The topological polar surface area (TPSA) is 73.6 Å². The van der Waals surface area contributed by atoms with Crippen molar-refractivity contribution >= 4 is 18.3 Å². The largest absolute Gasteiger partial charge is 0.381 e. The molecule has 1 amide bonds. The van der Waals surface area contributed by atoms with Crippen molar-refractivity contribution in [1.29, 1.82) is 0 Å². The highest BCUT2D eigenvalue weighted by Crippen LogP contribution is 2.57. The molecule has 2 unspecified atom stereocenters.